The Hall–Kier alpha value is -0.810. The van der Waals surface area contributed by atoms with Gasteiger partial charge in [0.15, 0.2) is 11.6 Å². The molecule has 1 aliphatic heterocycles. The second kappa shape index (κ2) is 3.98. The molecule has 1 amide bonds. The molecule has 1 saturated heterocycles. The largest absolute Gasteiger partial charge is 0.504 e. The molecule has 1 fully saturated rings. The summed E-state index contributed by atoms with van der Waals surface area (Å²) in [7, 11) is 0. The van der Waals surface area contributed by atoms with Crippen LogP contribution in [-0.2, 0) is 4.79 Å². The monoisotopic (exact) mass is 290 g/mol. The van der Waals surface area contributed by atoms with Gasteiger partial charge in [-0.05, 0) is 22.0 Å². The van der Waals surface area contributed by atoms with Crippen LogP contribution in [0.25, 0.3) is 0 Å². The van der Waals surface area contributed by atoms with E-state index in [-0.39, 0.29) is 22.9 Å². The highest BCUT2D eigenvalue weighted by Gasteiger charge is 2.31. The molecule has 2 heterocycles. The van der Waals surface area contributed by atoms with Gasteiger partial charge in [-0.2, -0.15) is 0 Å². The molecule has 1 unspecified atom stereocenters. The highest BCUT2D eigenvalue weighted by molar-refractivity contribution is 9.10. The predicted molar refractivity (Wildman–Crippen MR) is 60.2 cm³/mol. The fourth-order valence-corrected chi connectivity index (χ4v) is 2.09. The van der Waals surface area contributed by atoms with E-state index >= 15 is 0 Å². The van der Waals surface area contributed by atoms with Crippen molar-refractivity contribution in [2.24, 2.45) is 0 Å². The number of carbonyl (C=O) groups excluding carboxylic acids is 1. The van der Waals surface area contributed by atoms with Crippen molar-refractivity contribution < 1.29 is 9.90 Å². The highest BCUT2D eigenvalue weighted by atomic mass is 79.9. The molecule has 6 heteroatoms. The molecule has 0 aliphatic carbocycles. The number of pyridine rings is 1. The maximum absolute atomic E-state index is 11.5. The Balaban J connectivity index is 2.34. The summed E-state index contributed by atoms with van der Waals surface area (Å²) in [5.74, 6) is 0.134. The molecule has 1 aromatic heterocycles. The van der Waals surface area contributed by atoms with Crippen LogP contribution < -0.4 is 4.90 Å². The van der Waals surface area contributed by atoms with Crippen molar-refractivity contribution in [3.05, 3.63) is 16.7 Å². The van der Waals surface area contributed by atoms with Gasteiger partial charge in [0.1, 0.15) is 0 Å². The van der Waals surface area contributed by atoms with Crippen LogP contribution >= 0.6 is 27.5 Å². The third-order valence-corrected chi connectivity index (χ3v) is 2.87. The summed E-state index contributed by atoms with van der Waals surface area (Å²) in [6.45, 7) is 0.391. The molecule has 1 aromatic rings. The zero-order valence-corrected chi connectivity index (χ0v) is 9.99. The second-order valence-electron chi connectivity index (χ2n) is 3.30. The summed E-state index contributed by atoms with van der Waals surface area (Å²) in [6, 6.07) is 1.50. The van der Waals surface area contributed by atoms with E-state index in [2.05, 4.69) is 20.9 Å². The Labute approximate surface area is 100.0 Å². The standard InChI is InChI=1S/C9H8BrClN2O2/c10-5-1-7(14)9(12-3-5)13-4-6(11)2-8(13)15/h1,3,6,14H,2,4H2. The van der Waals surface area contributed by atoms with E-state index in [1.54, 1.807) is 0 Å². The van der Waals surface area contributed by atoms with E-state index < -0.39 is 0 Å². The van der Waals surface area contributed by atoms with Crippen LogP contribution in [0.5, 0.6) is 5.75 Å². The third kappa shape index (κ3) is 2.08. The Morgan fingerprint density at radius 2 is 2.40 bits per heavy atom. The number of amides is 1. The van der Waals surface area contributed by atoms with Crippen molar-refractivity contribution >= 4 is 39.3 Å². The summed E-state index contributed by atoms with van der Waals surface area (Å²) < 4.78 is 0.665. The van der Waals surface area contributed by atoms with Crippen molar-refractivity contribution in [3.63, 3.8) is 0 Å². The molecule has 0 spiro atoms. The molecule has 0 radical (unpaired) electrons. The number of anilines is 1. The Kier molecular flexibility index (Phi) is 2.84. The maximum Gasteiger partial charge on any atom is 0.229 e. The number of alkyl halides is 1. The fraction of sp³-hybridized carbons (Fsp3) is 0.333. The zero-order chi connectivity index (χ0) is 11.0. The first-order valence-corrected chi connectivity index (χ1v) is 5.60. The quantitative estimate of drug-likeness (QED) is 0.804. The molecule has 1 atom stereocenters. The van der Waals surface area contributed by atoms with Gasteiger partial charge in [0.2, 0.25) is 5.91 Å². The van der Waals surface area contributed by atoms with E-state index in [4.69, 9.17) is 11.6 Å². The summed E-state index contributed by atoms with van der Waals surface area (Å²) >= 11 is 9.03. The van der Waals surface area contributed by atoms with Gasteiger partial charge in [-0.15, -0.1) is 11.6 Å². The summed E-state index contributed by atoms with van der Waals surface area (Å²) in [4.78, 5) is 16.9. The number of halogens is 2. The van der Waals surface area contributed by atoms with Crippen molar-refractivity contribution in [3.8, 4) is 5.75 Å². The first-order chi connectivity index (χ1) is 7.08. The Morgan fingerprint density at radius 1 is 1.67 bits per heavy atom. The van der Waals surface area contributed by atoms with Gasteiger partial charge in [0.05, 0.1) is 5.38 Å². The lowest BCUT2D eigenvalue weighted by molar-refractivity contribution is -0.117. The minimum absolute atomic E-state index is 0.0245. The minimum Gasteiger partial charge on any atom is -0.504 e. The predicted octanol–water partition coefficient (Wildman–Crippen LogP) is 1.89. The number of carbonyl (C=O) groups is 1. The fourth-order valence-electron chi connectivity index (χ4n) is 1.50. The van der Waals surface area contributed by atoms with Gasteiger partial charge in [0.25, 0.3) is 0 Å². The van der Waals surface area contributed by atoms with Crippen LogP contribution in [0, 0.1) is 0 Å². The number of hydrogen-bond donors (Lipinski definition) is 1. The van der Waals surface area contributed by atoms with Crippen LogP contribution in [0.15, 0.2) is 16.7 Å². The van der Waals surface area contributed by atoms with Gasteiger partial charge in [-0.1, -0.05) is 0 Å². The second-order valence-corrected chi connectivity index (χ2v) is 4.83. The Morgan fingerprint density at radius 3 is 2.93 bits per heavy atom. The highest BCUT2D eigenvalue weighted by Crippen LogP contribution is 2.31. The van der Waals surface area contributed by atoms with Crippen LogP contribution in [0.1, 0.15) is 6.42 Å². The molecule has 0 saturated carbocycles. The SMILES string of the molecule is O=C1CC(Cl)CN1c1ncc(Br)cc1O. The van der Waals surface area contributed by atoms with Crippen LogP contribution in [0.3, 0.4) is 0 Å². The number of aromatic hydroxyl groups is 1. The van der Waals surface area contributed by atoms with Crippen molar-refractivity contribution in [2.75, 3.05) is 11.4 Å². The number of rotatable bonds is 1. The van der Waals surface area contributed by atoms with Crippen LogP contribution in [0.2, 0.25) is 0 Å². The molecule has 2 rings (SSSR count). The minimum atomic E-state index is -0.206. The molecule has 0 aromatic carbocycles. The molecule has 0 bridgehead atoms. The molecule has 80 valence electrons. The van der Waals surface area contributed by atoms with Gasteiger partial charge in [-0.25, -0.2) is 4.98 Å². The van der Waals surface area contributed by atoms with Crippen molar-refractivity contribution in [1.82, 2.24) is 4.98 Å². The van der Waals surface area contributed by atoms with Crippen LogP contribution in [0.4, 0.5) is 5.82 Å². The van der Waals surface area contributed by atoms with Crippen molar-refractivity contribution in [1.29, 1.82) is 0 Å². The van der Waals surface area contributed by atoms with Gasteiger partial charge < -0.3 is 5.11 Å². The summed E-state index contributed by atoms with van der Waals surface area (Å²) in [5, 5.41) is 9.42. The summed E-state index contributed by atoms with van der Waals surface area (Å²) in [6.07, 6.45) is 1.82. The topological polar surface area (TPSA) is 53.4 Å². The lowest BCUT2D eigenvalue weighted by atomic mass is 10.4. The third-order valence-electron chi connectivity index (χ3n) is 2.15. The average Bonchev–Trinajstić information content (AvgIpc) is 2.45. The normalized spacial score (nSPS) is 21.1. The number of aromatic nitrogens is 1. The van der Waals surface area contributed by atoms with E-state index in [0.717, 1.165) is 0 Å². The lowest BCUT2D eigenvalue weighted by Crippen LogP contribution is -2.25. The van der Waals surface area contributed by atoms with Gasteiger partial charge in [-0.3, -0.25) is 9.69 Å². The lowest BCUT2D eigenvalue weighted by Gasteiger charge is -2.15. The molecular formula is C9H8BrClN2O2. The smallest absolute Gasteiger partial charge is 0.229 e. The van der Waals surface area contributed by atoms with Crippen LogP contribution in [-0.4, -0.2) is 27.9 Å². The van der Waals surface area contributed by atoms with Gasteiger partial charge >= 0.3 is 0 Å². The van der Waals surface area contributed by atoms with Crippen molar-refractivity contribution in [2.45, 2.75) is 11.8 Å². The molecule has 15 heavy (non-hydrogen) atoms. The molecule has 1 N–H and O–H groups in total. The van der Waals surface area contributed by atoms with Gasteiger partial charge in [0, 0.05) is 23.6 Å². The Bertz CT molecular complexity index is 413. The van der Waals surface area contributed by atoms with E-state index in [9.17, 15) is 9.90 Å². The summed E-state index contributed by atoms with van der Waals surface area (Å²) in [5.41, 5.74) is 0. The maximum atomic E-state index is 11.5. The molecule has 1 aliphatic rings. The first kappa shape index (κ1) is 10.7. The first-order valence-electron chi connectivity index (χ1n) is 4.37. The molecular weight excluding hydrogens is 283 g/mol. The number of nitrogens with zero attached hydrogens (tertiary/aromatic N) is 2. The van der Waals surface area contributed by atoms with E-state index in [1.165, 1.54) is 17.2 Å². The number of hydrogen-bond acceptors (Lipinski definition) is 3. The van der Waals surface area contributed by atoms with E-state index in [0.29, 0.717) is 17.4 Å². The zero-order valence-electron chi connectivity index (χ0n) is 7.65. The van der Waals surface area contributed by atoms with E-state index in [1.807, 2.05) is 0 Å². The average molecular weight is 292 g/mol. The molecule has 4 nitrogen and oxygen atoms in total.